The number of aromatic nitrogens is 2. The molecule has 2 N–H and O–H groups in total. The average Bonchev–Trinajstić information content (AvgIpc) is 3.11. The fourth-order valence-electron chi connectivity index (χ4n) is 2.59. The van der Waals surface area contributed by atoms with Crippen LogP contribution >= 0.6 is 0 Å². The summed E-state index contributed by atoms with van der Waals surface area (Å²) in [6.45, 7) is 6.22. The number of hydrogen-bond acceptors (Lipinski definition) is 5. The van der Waals surface area contributed by atoms with Crippen LogP contribution in [0.3, 0.4) is 0 Å². The van der Waals surface area contributed by atoms with E-state index in [4.69, 9.17) is 4.42 Å². The molecule has 0 fully saturated rings. The molecule has 6 heteroatoms. The van der Waals surface area contributed by atoms with Crippen LogP contribution in [-0.2, 0) is 16.6 Å². The van der Waals surface area contributed by atoms with Gasteiger partial charge < -0.3 is 14.8 Å². The molecule has 140 valence electrons. The topological polar surface area (TPSA) is 88.2 Å². The van der Waals surface area contributed by atoms with Crippen molar-refractivity contribution < 1.29 is 14.3 Å². The lowest BCUT2D eigenvalue weighted by atomic mass is 9.87. The van der Waals surface area contributed by atoms with Gasteiger partial charge in [0.15, 0.2) is 0 Å². The summed E-state index contributed by atoms with van der Waals surface area (Å²) < 4.78 is 5.61. The van der Waals surface area contributed by atoms with E-state index in [0.29, 0.717) is 23.9 Å². The standard InChI is InChI=1S/C21H23N3O3/c1-21(2,3)15-9-10-17(25)16(13-15)22-18(26)11-12-19-23-24-20(27-19)14-7-5-4-6-8-14/h4-10,13,25H,11-12H2,1-3H3,(H,22,26). The number of nitrogens with one attached hydrogen (secondary N) is 1. The molecule has 0 saturated heterocycles. The van der Waals surface area contributed by atoms with Gasteiger partial charge in [-0.25, -0.2) is 0 Å². The summed E-state index contributed by atoms with van der Waals surface area (Å²) in [4.78, 5) is 12.3. The fraction of sp³-hybridized carbons (Fsp3) is 0.286. The second-order valence-corrected chi connectivity index (χ2v) is 7.40. The molecule has 2 aromatic carbocycles. The Kier molecular flexibility index (Phi) is 5.26. The Morgan fingerprint density at radius 1 is 1.11 bits per heavy atom. The lowest BCUT2D eigenvalue weighted by Crippen LogP contribution is -2.15. The van der Waals surface area contributed by atoms with Crippen LogP contribution < -0.4 is 5.32 Å². The number of anilines is 1. The number of carbonyl (C=O) groups excluding carboxylic acids is 1. The Bertz CT molecular complexity index is 927. The number of amides is 1. The van der Waals surface area contributed by atoms with Crippen molar-refractivity contribution in [2.75, 3.05) is 5.32 Å². The van der Waals surface area contributed by atoms with Gasteiger partial charge in [-0.15, -0.1) is 10.2 Å². The van der Waals surface area contributed by atoms with E-state index in [0.717, 1.165) is 11.1 Å². The number of nitrogens with zero attached hydrogens (tertiary/aromatic N) is 2. The van der Waals surface area contributed by atoms with Crippen LogP contribution in [-0.4, -0.2) is 21.2 Å². The van der Waals surface area contributed by atoms with Gasteiger partial charge >= 0.3 is 0 Å². The van der Waals surface area contributed by atoms with Crippen LogP contribution in [0.5, 0.6) is 5.75 Å². The number of phenolic OH excluding ortho intramolecular Hbond substituents is 1. The van der Waals surface area contributed by atoms with Gasteiger partial charge in [0.05, 0.1) is 5.69 Å². The lowest BCUT2D eigenvalue weighted by Gasteiger charge is -2.20. The van der Waals surface area contributed by atoms with Crippen LogP contribution in [0.2, 0.25) is 0 Å². The first-order chi connectivity index (χ1) is 12.8. The normalized spacial score (nSPS) is 11.4. The molecule has 0 spiro atoms. The van der Waals surface area contributed by atoms with Gasteiger partial charge in [-0.05, 0) is 35.2 Å². The maximum Gasteiger partial charge on any atom is 0.247 e. The minimum Gasteiger partial charge on any atom is -0.506 e. The van der Waals surface area contributed by atoms with E-state index >= 15 is 0 Å². The Morgan fingerprint density at radius 3 is 2.56 bits per heavy atom. The molecule has 1 aromatic heterocycles. The Labute approximate surface area is 158 Å². The summed E-state index contributed by atoms with van der Waals surface area (Å²) in [7, 11) is 0. The van der Waals surface area contributed by atoms with Crippen LogP contribution in [0.15, 0.2) is 52.9 Å². The highest BCUT2D eigenvalue weighted by Gasteiger charge is 2.17. The predicted octanol–water partition coefficient (Wildman–Crippen LogP) is 4.31. The molecule has 0 aliphatic heterocycles. The second kappa shape index (κ2) is 7.61. The van der Waals surface area contributed by atoms with E-state index in [1.807, 2.05) is 36.4 Å². The number of hydrogen-bond donors (Lipinski definition) is 2. The molecule has 27 heavy (non-hydrogen) atoms. The largest absolute Gasteiger partial charge is 0.506 e. The number of aryl methyl sites for hydroxylation is 1. The van der Waals surface area contributed by atoms with Gasteiger partial charge in [-0.2, -0.15) is 0 Å². The van der Waals surface area contributed by atoms with Crippen molar-refractivity contribution in [3.63, 3.8) is 0 Å². The quantitative estimate of drug-likeness (QED) is 0.658. The van der Waals surface area contributed by atoms with Crippen molar-refractivity contribution in [2.45, 2.75) is 39.0 Å². The van der Waals surface area contributed by atoms with Crippen molar-refractivity contribution in [3.8, 4) is 17.2 Å². The SMILES string of the molecule is CC(C)(C)c1ccc(O)c(NC(=O)CCc2nnc(-c3ccccc3)o2)c1. The number of benzene rings is 2. The van der Waals surface area contributed by atoms with Gasteiger partial charge in [0.25, 0.3) is 0 Å². The molecule has 0 aliphatic rings. The number of rotatable bonds is 5. The summed E-state index contributed by atoms with van der Waals surface area (Å²) in [5, 5.41) is 20.8. The minimum absolute atomic E-state index is 0.0421. The molecule has 0 radical (unpaired) electrons. The molecule has 0 atom stereocenters. The van der Waals surface area contributed by atoms with Gasteiger partial charge in [-0.1, -0.05) is 45.0 Å². The molecule has 3 rings (SSSR count). The molecule has 3 aromatic rings. The molecule has 1 heterocycles. The van der Waals surface area contributed by atoms with Gasteiger partial charge in [0.1, 0.15) is 5.75 Å². The molecule has 6 nitrogen and oxygen atoms in total. The van der Waals surface area contributed by atoms with Crippen molar-refractivity contribution in [3.05, 3.63) is 60.0 Å². The van der Waals surface area contributed by atoms with Gasteiger partial charge in [-0.3, -0.25) is 4.79 Å². The van der Waals surface area contributed by atoms with Crippen molar-refractivity contribution in [2.24, 2.45) is 0 Å². The zero-order valence-electron chi connectivity index (χ0n) is 15.7. The summed E-state index contributed by atoms with van der Waals surface area (Å²) in [5.41, 5.74) is 2.19. The summed E-state index contributed by atoms with van der Waals surface area (Å²) in [6.07, 6.45) is 0.501. The maximum atomic E-state index is 12.3. The summed E-state index contributed by atoms with van der Waals surface area (Å²) in [5.74, 6) is 0.648. The van der Waals surface area contributed by atoms with E-state index in [9.17, 15) is 9.90 Å². The second-order valence-electron chi connectivity index (χ2n) is 7.40. The molecule has 0 unspecified atom stereocenters. The highest BCUT2D eigenvalue weighted by atomic mass is 16.4. The average molecular weight is 365 g/mol. The third kappa shape index (κ3) is 4.73. The van der Waals surface area contributed by atoms with Crippen LogP contribution in [0.1, 0.15) is 38.6 Å². The monoisotopic (exact) mass is 365 g/mol. The third-order valence-corrected chi connectivity index (χ3v) is 4.19. The van der Waals surface area contributed by atoms with Crippen LogP contribution in [0.4, 0.5) is 5.69 Å². The highest BCUT2D eigenvalue weighted by Crippen LogP contribution is 2.30. The molecular weight excluding hydrogens is 342 g/mol. The van der Waals surface area contributed by atoms with Crippen molar-refractivity contribution in [1.82, 2.24) is 10.2 Å². The lowest BCUT2D eigenvalue weighted by molar-refractivity contribution is -0.116. The van der Waals surface area contributed by atoms with E-state index in [2.05, 4.69) is 36.3 Å². The van der Waals surface area contributed by atoms with Crippen LogP contribution in [0.25, 0.3) is 11.5 Å². The minimum atomic E-state index is -0.226. The van der Waals surface area contributed by atoms with Crippen molar-refractivity contribution >= 4 is 11.6 Å². The fourth-order valence-corrected chi connectivity index (χ4v) is 2.59. The Balaban J connectivity index is 1.62. The zero-order valence-corrected chi connectivity index (χ0v) is 15.7. The zero-order chi connectivity index (χ0) is 19.4. The Hall–Kier alpha value is -3.15. The first-order valence-corrected chi connectivity index (χ1v) is 8.84. The van der Waals surface area contributed by atoms with E-state index in [1.54, 1.807) is 12.1 Å². The van der Waals surface area contributed by atoms with E-state index in [-0.39, 0.29) is 23.5 Å². The van der Waals surface area contributed by atoms with Crippen LogP contribution in [0, 0.1) is 0 Å². The molecule has 0 aliphatic carbocycles. The van der Waals surface area contributed by atoms with E-state index < -0.39 is 0 Å². The summed E-state index contributed by atoms with van der Waals surface area (Å²) >= 11 is 0. The number of aromatic hydroxyl groups is 1. The maximum absolute atomic E-state index is 12.3. The Morgan fingerprint density at radius 2 is 1.85 bits per heavy atom. The van der Waals surface area contributed by atoms with Gasteiger partial charge in [0, 0.05) is 18.4 Å². The van der Waals surface area contributed by atoms with Crippen molar-refractivity contribution in [1.29, 1.82) is 0 Å². The smallest absolute Gasteiger partial charge is 0.247 e. The third-order valence-electron chi connectivity index (χ3n) is 4.19. The predicted molar refractivity (Wildman–Crippen MR) is 103 cm³/mol. The van der Waals surface area contributed by atoms with E-state index in [1.165, 1.54) is 0 Å². The first kappa shape index (κ1) is 18.6. The molecule has 1 amide bonds. The summed E-state index contributed by atoms with van der Waals surface area (Å²) in [6, 6.07) is 14.7. The van der Waals surface area contributed by atoms with Gasteiger partial charge in [0.2, 0.25) is 17.7 Å². The molecule has 0 saturated carbocycles. The molecule has 0 bridgehead atoms. The molecular formula is C21H23N3O3. The highest BCUT2D eigenvalue weighted by molar-refractivity contribution is 5.92. The number of carbonyl (C=O) groups is 1. The first-order valence-electron chi connectivity index (χ1n) is 8.84. The number of phenols is 1.